The zero-order valence-corrected chi connectivity index (χ0v) is 10.9. The van der Waals surface area contributed by atoms with Gasteiger partial charge in [0.25, 0.3) is 5.91 Å². The van der Waals surface area contributed by atoms with E-state index in [4.69, 9.17) is 4.74 Å². The monoisotopic (exact) mass is 257 g/mol. The standard InChI is InChI=1S/C14H15N3O2/c1-3-10-4-6-11(7-5-10)13(18)17-12-8-15-14(19-2)16-9-12/h4-9H,3H2,1-2H3,(H,17,18). The van der Waals surface area contributed by atoms with Crippen LogP contribution >= 0.6 is 0 Å². The predicted octanol–water partition coefficient (Wildman–Crippen LogP) is 2.30. The van der Waals surface area contributed by atoms with E-state index < -0.39 is 0 Å². The van der Waals surface area contributed by atoms with Crippen molar-refractivity contribution in [1.82, 2.24) is 9.97 Å². The first-order chi connectivity index (χ1) is 9.22. The van der Waals surface area contributed by atoms with Gasteiger partial charge in [-0.3, -0.25) is 4.79 Å². The number of hydrogen-bond donors (Lipinski definition) is 1. The van der Waals surface area contributed by atoms with Gasteiger partial charge >= 0.3 is 6.01 Å². The van der Waals surface area contributed by atoms with E-state index in [-0.39, 0.29) is 11.9 Å². The molecule has 1 N–H and O–H groups in total. The van der Waals surface area contributed by atoms with Gasteiger partial charge in [0.05, 0.1) is 25.2 Å². The molecule has 19 heavy (non-hydrogen) atoms. The normalized spacial score (nSPS) is 10.0. The summed E-state index contributed by atoms with van der Waals surface area (Å²) in [5, 5.41) is 2.73. The van der Waals surface area contributed by atoms with Crippen LogP contribution in [0, 0.1) is 0 Å². The molecule has 1 heterocycles. The van der Waals surface area contributed by atoms with E-state index in [9.17, 15) is 4.79 Å². The van der Waals surface area contributed by atoms with Crippen molar-refractivity contribution in [3.63, 3.8) is 0 Å². The molecule has 2 aromatic rings. The number of nitrogens with one attached hydrogen (secondary N) is 1. The largest absolute Gasteiger partial charge is 0.467 e. The molecule has 0 atom stereocenters. The average Bonchev–Trinajstić information content (AvgIpc) is 2.48. The first-order valence-electron chi connectivity index (χ1n) is 5.99. The topological polar surface area (TPSA) is 64.1 Å². The number of aromatic nitrogens is 2. The average molecular weight is 257 g/mol. The SMILES string of the molecule is CCc1ccc(C(=O)Nc2cnc(OC)nc2)cc1. The van der Waals surface area contributed by atoms with Crippen LogP contribution in [0.2, 0.25) is 0 Å². The molecular formula is C14H15N3O2. The van der Waals surface area contributed by atoms with Gasteiger partial charge in [0.1, 0.15) is 0 Å². The van der Waals surface area contributed by atoms with Crippen LogP contribution < -0.4 is 10.1 Å². The Balaban J connectivity index is 2.06. The summed E-state index contributed by atoms with van der Waals surface area (Å²) in [5.41, 5.74) is 2.34. The van der Waals surface area contributed by atoms with Gasteiger partial charge in [-0.15, -0.1) is 0 Å². The van der Waals surface area contributed by atoms with E-state index in [2.05, 4.69) is 22.2 Å². The van der Waals surface area contributed by atoms with Gasteiger partial charge < -0.3 is 10.1 Å². The number of methoxy groups -OCH3 is 1. The molecule has 0 radical (unpaired) electrons. The van der Waals surface area contributed by atoms with E-state index in [0.29, 0.717) is 11.3 Å². The summed E-state index contributed by atoms with van der Waals surface area (Å²) in [6.07, 6.45) is 3.96. The highest BCUT2D eigenvalue weighted by atomic mass is 16.5. The van der Waals surface area contributed by atoms with Crippen LogP contribution in [0.1, 0.15) is 22.8 Å². The maximum atomic E-state index is 12.0. The number of hydrogen-bond acceptors (Lipinski definition) is 4. The van der Waals surface area contributed by atoms with Gasteiger partial charge in [-0.2, -0.15) is 0 Å². The molecule has 0 fully saturated rings. The number of rotatable bonds is 4. The van der Waals surface area contributed by atoms with Crippen molar-refractivity contribution >= 4 is 11.6 Å². The number of aryl methyl sites for hydroxylation is 1. The van der Waals surface area contributed by atoms with Crippen molar-refractivity contribution in [1.29, 1.82) is 0 Å². The number of amides is 1. The lowest BCUT2D eigenvalue weighted by Crippen LogP contribution is -2.12. The minimum Gasteiger partial charge on any atom is -0.467 e. The molecule has 98 valence electrons. The number of anilines is 1. The Morgan fingerprint density at radius 3 is 2.37 bits per heavy atom. The fraction of sp³-hybridized carbons (Fsp3) is 0.214. The zero-order valence-electron chi connectivity index (χ0n) is 10.9. The Bertz CT molecular complexity index is 550. The van der Waals surface area contributed by atoms with Crippen molar-refractivity contribution < 1.29 is 9.53 Å². The number of carbonyl (C=O) groups excluding carboxylic acids is 1. The summed E-state index contributed by atoms with van der Waals surface area (Å²) in [5.74, 6) is -0.184. The van der Waals surface area contributed by atoms with Crippen molar-refractivity contribution in [2.24, 2.45) is 0 Å². The van der Waals surface area contributed by atoms with Crippen molar-refractivity contribution in [3.05, 3.63) is 47.8 Å². The molecule has 0 saturated carbocycles. The molecule has 0 spiro atoms. The molecule has 2 rings (SSSR count). The van der Waals surface area contributed by atoms with Gasteiger partial charge in [0.15, 0.2) is 0 Å². The van der Waals surface area contributed by atoms with E-state index in [1.54, 1.807) is 12.1 Å². The van der Waals surface area contributed by atoms with Crippen LogP contribution in [0.5, 0.6) is 6.01 Å². The molecule has 0 saturated heterocycles. The molecule has 0 aliphatic carbocycles. The smallest absolute Gasteiger partial charge is 0.316 e. The van der Waals surface area contributed by atoms with E-state index >= 15 is 0 Å². The molecule has 0 aliphatic heterocycles. The molecular weight excluding hydrogens is 242 g/mol. The van der Waals surface area contributed by atoms with Crippen LogP contribution in [0.4, 0.5) is 5.69 Å². The summed E-state index contributed by atoms with van der Waals surface area (Å²) in [4.78, 5) is 19.8. The van der Waals surface area contributed by atoms with Crippen LogP contribution in [-0.2, 0) is 6.42 Å². The third-order valence-corrected chi connectivity index (χ3v) is 2.69. The minimum absolute atomic E-state index is 0.184. The number of ether oxygens (including phenoxy) is 1. The third-order valence-electron chi connectivity index (χ3n) is 2.69. The van der Waals surface area contributed by atoms with E-state index in [1.807, 2.05) is 12.1 Å². The number of benzene rings is 1. The van der Waals surface area contributed by atoms with Gasteiger partial charge in [0.2, 0.25) is 0 Å². The fourth-order valence-corrected chi connectivity index (χ4v) is 1.58. The zero-order chi connectivity index (χ0) is 13.7. The Morgan fingerprint density at radius 2 is 1.84 bits per heavy atom. The lowest BCUT2D eigenvalue weighted by Gasteiger charge is -2.05. The van der Waals surface area contributed by atoms with Crippen LogP contribution in [0.25, 0.3) is 0 Å². The van der Waals surface area contributed by atoms with Crippen molar-refractivity contribution in [2.45, 2.75) is 13.3 Å². The summed E-state index contributed by atoms with van der Waals surface area (Å²) in [6, 6.07) is 7.76. The van der Waals surface area contributed by atoms with Gasteiger partial charge in [-0.25, -0.2) is 9.97 Å². The second-order valence-corrected chi connectivity index (χ2v) is 3.96. The van der Waals surface area contributed by atoms with Gasteiger partial charge in [-0.1, -0.05) is 19.1 Å². The maximum Gasteiger partial charge on any atom is 0.316 e. The summed E-state index contributed by atoms with van der Waals surface area (Å²) < 4.78 is 4.85. The van der Waals surface area contributed by atoms with Crippen molar-refractivity contribution in [2.75, 3.05) is 12.4 Å². The van der Waals surface area contributed by atoms with Crippen LogP contribution in [0.15, 0.2) is 36.7 Å². The summed E-state index contributed by atoms with van der Waals surface area (Å²) in [6.45, 7) is 2.07. The molecule has 1 amide bonds. The predicted molar refractivity (Wildman–Crippen MR) is 72.4 cm³/mol. The molecule has 0 aliphatic rings. The Kier molecular flexibility index (Phi) is 4.07. The highest BCUT2D eigenvalue weighted by Crippen LogP contribution is 2.10. The maximum absolute atomic E-state index is 12.0. The second kappa shape index (κ2) is 5.95. The first kappa shape index (κ1) is 13.0. The lowest BCUT2D eigenvalue weighted by molar-refractivity contribution is 0.102. The third kappa shape index (κ3) is 3.28. The molecule has 1 aromatic carbocycles. The summed E-state index contributed by atoms with van der Waals surface area (Å²) in [7, 11) is 1.49. The second-order valence-electron chi connectivity index (χ2n) is 3.96. The quantitative estimate of drug-likeness (QED) is 0.912. The van der Waals surface area contributed by atoms with Crippen LogP contribution in [0.3, 0.4) is 0 Å². The van der Waals surface area contributed by atoms with E-state index in [0.717, 1.165) is 6.42 Å². The number of nitrogens with zero attached hydrogens (tertiary/aromatic N) is 2. The fourth-order valence-electron chi connectivity index (χ4n) is 1.58. The first-order valence-corrected chi connectivity index (χ1v) is 5.99. The Morgan fingerprint density at radius 1 is 1.21 bits per heavy atom. The van der Waals surface area contributed by atoms with E-state index in [1.165, 1.54) is 25.1 Å². The van der Waals surface area contributed by atoms with Gasteiger partial charge in [-0.05, 0) is 24.1 Å². The highest BCUT2D eigenvalue weighted by Gasteiger charge is 2.06. The molecule has 0 bridgehead atoms. The summed E-state index contributed by atoms with van der Waals surface area (Å²) >= 11 is 0. The number of carbonyl (C=O) groups is 1. The lowest BCUT2D eigenvalue weighted by atomic mass is 10.1. The molecule has 1 aromatic heterocycles. The molecule has 5 heteroatoms. The minimum atomic E-state index is -0.184. The van der Waals surface area contributed by atoms with Crippen LogP contribution in [-0.4, -0.2) is 23.0 Å². The highest BCUT2D eigenvalue weighted by molar-refractivity contribution is 6.04. The Labute approximate surface area is 111 Å². The Hall–Kier alpha value is -2.43. The molecule has 5 nitrogen and oxygen atoms in total. The molecule has 0 unspecified atom stereocenters. The van der Waals surface area contributed by atoms with Crippen molar-refractivity contribution in [3.8, 4) is 6.01 Å². The van der Waals surface area contributed by atoms with Gasteiger partial charge in [0, 0.05) is 5.56 Å².